The molecule has 0 radical (unpaired) electrons. The first-order valence-electron chi connectivity index (χ1n) is 6.29. The van der Waals surface area contributed by atoms with Gasteiger partial charge >= 0.3 is 0 Å². The third-order valence-electron chi connectivity index (χ3n) is 3.38. The molecule has 1 aliphatic rings. The van der Waals surface area contributed by atoms with E-state index in [9.17, 15) is 13.2 Å². The van der Waals surface area contributed by atoms with E-state index in [0.29, 0.717) is 6.29 Å². The predicted octanol–water partition coefficient (Wildman–Crippen LogP) is 1.06. The van der Waals surface area contributed by atoms with E-state index >= 15 is 0 Å². The van der Waals surface area contributed by atoms with Gasteiger partial charge in [-0.2, -0.15) is 17.4 Å². The van der Waals surface area contributed by atoms with Gasteiger partial charge in [-0.1, -0.05) is 36.4 Å². The Balaban J connectivity index is 1.88. The van der Waals surface area contributed by atoms with Crippen molar-refractivity contribution in [3.05, 3.63) is 48.0 Å². The molecule has 104 valence electrons. The molecule has 0 amide bonds. The van der Waals surface area contributed by atoms with Gasteiger partial charge in [-0.05, 0) is 22.4 Å². The zero-order valence-corrected chi connectivity index (χ0v) is 11.5. The van der Waals surface area contributed by atoms with Crippen LogP contribution in [0.15, 0.2) is 42.5 Å². The van der Waals surface area contributed by atoms with Crippen molar-refractivity contribution in [2.75, 3.05) is 6.54 Å². The summed E-state index contributed by atoms with van der Waals surface area (Å²) in [5, 5.41) is 2.19. The quantitative estimate of drug-likeness (QED) is 0.860. The SMILES string of the molecule is O=CC1CN(Cc2ccc3ccccc3c2)S(=O)(=O)N1. The van der Waals surface area contributed by atoms with Crippen LogP contribution in [0.2, 0.25) is 0 Å². The Hall–Kier alpha value is -1.76. The van der Waals surface area contributed by atoms with Crippen LogP contribution in [-0.2, 0) is 21.5 Å². The van der Waals surface area contributed by atoms with Crippen molar-refractivity contribution < 1.29 is 13.2 Å². The number of rotatable bonds is 3. The van der Waals surface area contributed by atoms with Gasteiger partial charge < -0.3 is 4.79 Å². The van der Waals surface area contributed by atoms with Crippen molar-refractivity contribution in [3.8, 4) is 0 Å². The molecular weight excluding hydrogens is 276 g/mol. The molecule has 0 saturated carbocycles. The van der Waals surface area contributed by atoms with Crippen molar-refractivity contribution >= 4 is 27.3 Å². The standard InChI is InChI=1S/C14H14N2O3S/c17-10-14-9-16(20(18,19)15-14)8-11-5-6-12-3-1-2-4-13(12)7-11/h1-7,10,14-15H,8-9H2. The number of hydrogen-bond acceptors (Lipinski definition) is 3. The number of benzene rings is 2. The maximum Gasteiger partial charge on any atom is 0.280 e. The van der Waals surface area contributed by atoms with Gasteiger partial charge in [0.05, 0.1) is 6.04 Å². The fourth-order valence-electron chi connectivity index (χ4n) is 2.38. The summed E-state index contributed by atoms with van der Waals surface area (Å²) in [6, 6.07) is 13.1. The van der Waals surface area contributed by atoms with Crippen LogP contribution in [0.4, 0.5) is 0 Å². The van der Waals surface area contributed by atoms with Crippen molar-refractivity contribution in [3.63, 3.8) is 0 Å². The summed E-state index contributed by atoms with van der Waals surface area (Å²) in [6.07, 6.45) is 0.623. The maximum absolute atomic E-state index is 11.9. The minimum atomic E-state index is -3.55. The predicted molar refractivity (Wildman–Crippen MR) is 76.3 cm³/mol. The summed E-state index contributed by atoms with van der Waals surface area (Å²) in [4.78, 5) is 10.7. The summed E-state index contributed by atoms with van der Waals surface area (Å²) in [5.41, 5.74) is 0.903. The number of nitrogens with one attached hydrogen (secondary N) is 1. The van der Waals surface area contributed by atoms with Gasteiger partial charge in [-0.25, -0.2) is 0 Å². The van der Waals surface area contributed by atoms with Crippen LogP contribution in [0.25, 0.3) is 10.8 Å². The molecule has 2 aromatic carbocycles. The van der Waals surface area contributed by atoms with E-state index in [1.54, 1.807) is 0 Å². The lowest BCUT2D eigenvalue weighted by Crippen LogP contribution is -2.30. The highest BCUT2D eigenvalue weighted by molar-refractivity contribution is 7.87. The number of carbonyl (C=O) groups is 1. The molecule has 1 fully saturated rings. The van der Waals surface area contributed by atoms with E-state index in [1.165, 1.54) is 4.31 Å². The van der Waals surface area contributed by atoms with Crippen LogP contribution < -0.4 is 4.72 Å². The fraction of sp³-hybridized carbons (Fsp3) is 0.214. The van der Waals surface area contributed by atoms with Gasteiger partial charge in [0.2, 0.25) is 0 Å². The second-order valence-electron chi connectivity index (χ2n) is 4.84. The Morgan fingerprint density at radius 2 is 1.95 bits per heavy atom. The number of nitrogens with zero attached hydrogens (tertiary/aromatic N) is 1. The second-order valence-corrected chi connectivity index (χ2v) is 6.54. The number of aldehydes is 1. The second kappa shape index (κ2) is 4.97. The highest BCUT2D eigenvalue weighted by atomic mass is 32.2. The van der Waals surface area contributed by atoms with Gasteiger partial charge in [-0.15, -0.1) is 0 Å². The Labute approximate surface area is 117 Å². The van der Waals surface area contributed by atoms with Gasteiger partial charge in [0.25, 0.3) is 10.2 Å². The minimum Gasteiger partial charge on any atom is -0.302 e. The summed E-state index contributed by atoms with van der Waals surface area (Å²) >= 11 is 0. The van der Waals surface area contributed by atoms with E-state index < -0.39 is 16.3 Å². The van der Waals surface area contributed by atoms with E-state index in [2.05, 4.69) is 4.72 Å². The molecule has 6 heteroatoms. The molecule has 0 aliphatic carbocycles. The topological polar surface area (TPSA) is 66.5 Å². The Kier molecular flexibility index (Phi) is 3.29. The molecule has 2 aromatic rings. The normalized spacial score (nSPS) is 22.1. The molecule has 0 aromatic heterocycles. The Bertz CT molecular complexity index is 758. The number of fused-ring (bicyclic) bond motifs is 1. The van der Waals surface area contributed by atoms with Gasteiger partial charge in [0.1, 0.15) is 6.29 Å². The average Bonchev–Trinajstić information content (AvgIpc) is 2.73. The summed E-state index contributed by atoms with van der Waals surface area (Å²) in [5.74, 6) is 0. The monoisotopic (exact) mass is 290 g/mol. The zero-order chi connectivity index (χ0) is 14.2. The lowest BCUT2D eigenvalue weighted by atomic mass is 10.1. The van der Waals surface area contributed by atoms with Crippen LogP contribution >= 0.6 is 0 Å². The van der Waals surface area contributed by atoms with E-state index in [0.717, 1.165) is 16.3 Å². The minimum absolute atomic E-state index is 0.179. The van der Waals surface area contributed by atoms with Crippen LogP contribution in [0, 0.1) is 0 Å². The van der Waals surface area contributed by atoms with Gasteiger partial charge in [-0.3, -0.25) is 0 Å². The molecule has 1 saturated heterocycles. The van der Waals surface area contributed by atoms with E-state index in [-0.39, 0.29) is 13.1 Å². The maximum atomic E-state index is 11.9. The first-order chi connectivity index (χ1) is 9.58. The molecular formula is C14H14N2O3S. The molecule has 3 rings (SSSR count). The molecule has 1 N–H and O–H groups in total. The van der Waals surface area contributed by atoms with Crippen molar-refractivity contribution in [2.45, 2.75) is 12.6 Å². The van der Waals surface area contributed by atoms with E-state index in [1.807, 2.05) is 42.5 Å². The lowest BCUT2D eigenvalue weighted by Gasteiger charge is -2.13. The largest absolute Gasteiger partial charge is 0.302 e. The van der Waals surface area contributed by atoms with Crippen LogP contribution in [0.5, 0.6) is 0 Å². The molecule has 1 unspecified atom stereocenters. The summed E-state index contributed by atoms with van der Waals surface area (Å²) < 4.78 is 27.3. The van der Waals surface area contributed by atoms with E-state index in [4.69, 9.17) is 0 Å². The van der Waals surface area contributed by atoms with Gasteiger partial charge in [0.15, 0.2) is 0 Å². The molecule has 1 atom stereocenters. The van der Waals surface area contributed by atoms with Crippen molar-refractivity contribution in [1.82, 2.24) is 9.03 Å². The average molecular weight is 290 g/mol. The zero-order valence-electron chi connectivity index (χ0n) is 10.7. The highest BCUT2D eigenvalue weighted by Crippen LogP contribution is 2.19. The van der Waals surface area contributed by atoms with Crippen LogP contribution in [0.1, 0.15) is 5.56 Å². The first-order valence-corrected chi connectivity index (χ1v) is 7.73. The van der Waals surface area contributed by atoms with Crippen molar-refractivity contribution in [1.29, 1.82) is 0 Å². The number of carbonyl (C=O) groups excluding carboxylic acids is 1. The van der Waals surface area contributed by atoms with Gasteiger partial charge in [0, 0.05) is 13.1 Å². The fourth-order valence-corrected chi connectivity index (χ4v) is 3.72. The lowest BCUT2D eigenvalue weighted by molar-refractivity contribution is -0.109. The third kappa shape index (κ3) is 2.45. The molecule has 0 spiro atoms. The Morgan fingerprint density at radius 1 is 1.20 bits per heavy atom. The summed E-state index contributed by atoms with van der Waals surface area (Å²) in [6.45, 7) is 0.448. The van der Waals surface area contributed by atoms with Crippen molar-refractivity contribution in [2.24, 2.45) is 0 Å². The highest BCUT2D eigenvalue weighted by Gasteiger charge is 2.34. The molecule has 20 heavy (non-hydrogen) atoms. The molecule has 1 aliphatic heterocycles. The third-order valence-corrected chi connectivity index (χ3v) is 4.94. The van der Waals surface area contributed by atoms with Crippen LogP contribution in [-0.4, -0.2) is 31.6 Å². The molecule has 5 nitrogen and oxygen atoms in total. The van der Waals surface area contributed by atoms with Crippen LogP contribution in [0.3, 0.4) is 0 Å². The smallest absolute Gasteiger partial charge is 0.280 e. The first kappa shape index (κ1) is 13.2. The Morgan fingerprint density at radius 3 is 2.65 bits per heavy atom. The number of hydrogen-bond donors (Lipinski definition) is 1. The summed E-state index contributed by atoms with van der Waals surface area (Å²) in [7, 11) is -3.55. The molecule has 1 heterocycles. The molecule has 0 bridgehead atoms.